The molecule has 0 N–H and O–H groups in total. The molecule has 0 heterocycles. The summed E-state index contributed by atoms with van der Waals surface area (Å²) in [7, 11) is 0. The van der Waals surface area contributed by atoms with Crippen LogP contribution in [0.5, 0.6) is 0 Å². The van der Waals surface area contributed by atoms with Gasteiger partial charge in [-0.25, -0.2) is 0 Å². The van der Waals surface area contributed by atoms with Crippen molar-refractivity contribution >= 4 is 11.9 Å². The molecule has 3 aliphatic carbocycles. The molecule has 2 saturated carbocycles. The summed E-state index contributed by atoms with van der Waals surface area (Å²) in [5, 5.41) is 0. The van der Waals surface area contributed by atoms with Gasteiger partial charge in [-0.05, 0) is 79.5 Å². The highest BCUT2D eigenvalue weighted by atomic mass is 16.1. The van der Waals surface area contributed by atoms with Gasteiger partial charge in [-0.3, -0.25) is 4.79 Å². The molecule has 3 aliphatic rings. The number of fused-ring (bicyclic) bond motifs is 5. The molecule has 1 aromatic rings. The van der Waals surface area contributed by atoms with E-state index in [0.29, 0.717) is 23.5 Å². The maximum atomic E-state index is 12.4. The Morgan fingerprint density at radius 3 is 2.83 bits per heavy atom. The number of aryl methyl sites for hydroxylation is 1. The molecular weight excluding hydrogens is 292 g/mol. The summed E-state index contributed by atoms with van der Waals surface area (Å²) in [6, 6.07) is 4.64. The Bertz CT molecular complexity index is 775. The zero-order valence-corrected chi connectivity index (χ0v) is 14.8. The van der Waals surface area contributed by atoms with Crippen LogP contribution in [0.3, 0.4) is 0 Å². The van der Waals surface area contributed by atoms with Crippen molar-refractivity contribution < 1.29 is 4.79 Å². The van der Waals surface area contributed by atoms with Gasteiger partial charge in [0, 0.05) is 17.4 Å². The maximum absolute atomic E-state index is 12.4. The summed E-state index contributed by atoms with van der Waals surface area (Å²) < 4.78 is 0. The quantitative estimate of drug-likeness (QED) is 0.656. The number of ketones is 1. The monoisotopic (exact) mass is 318 g/mol. The Labute approximate surface area is 145 Å². The molecule has 4 atom stereocenters. The Balaban J connectivity index is 1.76. The Kier molecular flexibility index (Phi) is 3.68. The molecular formula is C23H26O. The minimum atomic E-state index is -0.0359. The summed E-state index contributed by atoms with van der Waals surface area (Å²) in [6.07, 6.45) is 8.44. The molecule has 0 amide bonds. The number of hydrogen-bond acceptors (Lipinski definition) is 1. The third-order valence-electron chi connectivity index (χ3n) is 7.08. The lowest BCUT2D eigenvalue weighted by Crippen LogP contribution is -2.42. The molecule has 24 heavy (non-hydrogen) atoms. The van der Waals surface area contributed by atoms with E-state index < -0.39 is 0 Å². The molecule has 0 aromatic heterocycles. The standard InChI is InChI=1S/C23H26O/c1-4-6-16-14-20-17(13-15(16)5-2)7-8-19-18(20)11-12-23(3)21(19)9-10-22(23)24/h5,13-14,18-19,21H,2,7-12H2,1,3H3. The van der Waals surface area contributed by atoms with Crippen molar-refractivity contribution in [2.24, 2.45) is 17.3 Å². The zero-order chi connectivity index (χ0) is 16.9. The number of rotatable bonds is 1. The van der Waals surface area contributed by atoms with Crippen LogP contribution >= 0.6 is 0 Å². The fourth-order valence-electron chi connectivity index (χ4n) is 5.82. The maximum Gasteiger partial charge on any atom is 0.139 e. The lowest BCUT2D eigenvalue weighted by molar-refractivity contribution is -0.129. The van der Waals surface area contributed by atoms with Crippen LogP contribution in [0.15, 0.2) is 18.7 Å². The molecule has 0 aliphatic heterocycles. The smallest absolute Gasteiger partial charge is 0.139 e. The van der Waals surface area contributed by atoms with E-state index in [4.69, 9.17) is 0 Å². The lowest BCUT2D eigenvalue weighted by atomic mass is 9.55. The van der Waals surface area contributed by atoms with E-state index in [1.54, 1.807) is 0 Å². The summed E-state index contributed by atoms with van der Waals surface area (Å²) in [6.45, 7) is 8.10. The first-order valence-electron chi connectivity index (χ1n) is 9.34. The molecule has 1 aromatic carbocycles. The van der Waals surface area contributed by atoms with Crippen molar-refractivity contribution in [3.8, 4) is 11.8 Å². The second-order valence-corrected chi connectivity index (χ2v) is 8.05. The largest absolute Gasteiger partial charge is 0.299 e. The predicted octanol–water partition coefficient (Wildman–Crippen LogP) is 5.13. The topological polar surface area (TPSA) is 17.1 Å². The van der Waals surface area contributed by atoms with Crippen LogP contribution in [0.25, 0.3) is 6.08 Å². The van der Waals surface area contributed by atoms with E-state index >= 15 is 0 Å². The molecule has 124 valence electrons. The van der Waals surface area contributed by atoms with Crippen LogP contribution in [-0.4, -0.2) is 5.78 Å². The molecule has 0 spiro atoms. The van der Waals surface area contributed by atoms with E-state index in [-0.39, 0.29) is 5.41 Å². The second-order valence-electron chi connectivity index (χ2n) is 8.05. The van der Waals surface area contributed by atoms with Gasteiger partial charge in [0.05, 0.1) is 0 Å². The summed E-state index contributed by atoms with van der Waals surface area (Å²) in [5.41, 5.74) is 5.24. The highest BCUT2D eigenvalue weighted by Crippen LogP contribution is 2.59. The number of Topliss-reactive ketones (excluding diaryl/α,β-unsaturated/α-hetero) is 1. The van der Waals surface area contributed by atoms with Crippen LogP contribution in [0.2, 0.25) is 0 Å². The third kappa shape index (κ3) is 2.12. The normalized spacial score (nSPS) is 33.8. The zero-order valence-electron chi connectivity index (χ0n) is 14.8. The van der Waals surface area contributed by atoms with Crippen LogP contribution in [-0.2, 0) is 11.2 Å². The Morgan fingerprint density at radius 1 is 1.25 bits per heavy atom. The summed E-state index contributed by atoms with van der Waals surface area (Å²) in [4.78, 5) is 12.4. The molecule has 4 rings (SSSR count). The lowest BCUT2D eigenvalue weighted by Gasteiger charge is -2.48. The van der Waals surface area contributed by atoms with Gasteiger partial charge < -0.3 is 0 Å². The van der Waals surface area contributed by atoms with Gasteiger partial charge in [-0.2, -0.15) is 0 Å². The highest BCUT2D eigenvalue weighted by molar-refractivity contribution is 5.87. The van der Waals surface area contributed by atoms with Gasteiger partial charge in [0.15, 0.2) is 0 Å². The van der Waals surface area contributed by atoms with Crippen molar-refractivity contribution in [3.05, 3.63) is 41.0 Å². The average Bonchev–Trinajstić information content (AvgIpc) is 2.89. The van der Waals surface area contributed by atoms with Gasteiger partial charge in [0.25, 0.3) is 0 Å². The van der Waals surface area contributed by atoms with E-state index in [9.17, 15) is 4.79 Å². The number of carbonyl (C=O) groups excluding carboxylic acids is 1. The first-order chi connectivity index (χ1) is 11.6. The molecule has 1 nitrogen and oxygen atoms in total. The van der Waals surface area contributed by atoms with E-state index in [1.165, 1.54) is 23.1 Å². The van der Waals surface area contributed by atoms with E-state index in [1.807, 2.05) is 13.0 Å². The van der Waals surface area contributed by atoms with Gasteiger partial charge in [0.2, 0.25) is 0 Å². The molecule has 0 radical (unpaired) electrons. The van der Waals surface area contributed by atoms with Crippen molar-refractivity contribution in [1.82, 2.24) is 0 Å². The van der Waals surface area contributed by atoms with Gasteiger partial charge in [-0.1, -0.05) is 31.6 Å². The predicted molar refractivity (Wildman–Crippen MR) is 98.7 cm³/mol. The first-order valence-corrected chi connectivity index (χ1v) is 9.34. The van der Waals surface area contributed by atoms with Crippen molar-refractivity contribution in [3.63, 3.8) is 0 Å². The molecule has 4 unspecified atom stereocenters. The third-order valence-corrected chi connectivity index (χ3v) is 7.08. The fraction of sp³-hybridized carbons (Fsp3) is 0.522. The molecule has 2 fully saturated rings. The van der Waals surface area contributed by atoms with Gasteiger partial charge in [0.1, 0.15) is 5.78 Å². The summed E-state index contributed by atoms with van der Waals surface area (Å²) in [5.74, 6) is 8.72. The minimum absolute atomic E-state index is 0.0359. The summed E-state index contributed by atoms with van der Waals surface area (Å²) >= 11 is 0. The Morgan fingerprint density at radius 2 is 2.08 bits per heavy atom. The Hall–Kier alpha value is -1.81. The van der Waals surface area contributed by atoms with Crippen LogP contribution in [0.4, 0.5) is 0 Å². The fourth-order valence-corrected chi connectivity index (χ4v) is 5.82. The van der Waals surface area contributed by atoms with Gasteiger partial charge >= 0.3 is 0 Å². The molecule has 1 heteroatoms. The first kappa shape index (κ1) is 15.7. The highest BCUT2D eigenvalue weighted by Gasteiger charge is 2.54. The van der Waals surface area contributed by atoms with Crippen LogP contribution < -0.4 is 0 Å². The number of carbonyl (C=O) groups is 1. The SMILES string of the molecule is C=Cc1cc2c(cc1C#CC)C1CCC3(C)C(=O)CCC3C1CC2. The average molecular weight is 318 g/mol. The van der Waals surface area contributed by atoms with Crippen LogP contribution in [0.1, 0.15) is 74.1 Å². The van der Waals surface area contributed by atoms with Gasteiger partial charge in [-0.15, -0.1) is 5.92 Å². The second kappa shape index (κ2) is 5.62. The van der Waals surface area contributed by atoms with Crippen molar-refractivity contribution in [1.29, 1.82) is 0 Å². The van der Waals surface area contributed by atoms with E-state index in [0.717, 1.165) is 37.7 Å². The van der Waals surface area contributed by atoms with Crippen molar-refractivity contribution in [2.75, 3.05) is 0 Å². The molecule has 0 saturated heterocycles. The number of benzene rings is 1. The minimum Gasteiger partial charge on any atom is -0.299 e. The molecule has 0 bridgehead atoms. The van der Waals surface area contributed by atoms with Crippen molar-refractivity contribution in [2.45, 2.75) is 58.3 Å². The van der Waals surface area contributed by atoms with Crippen LogP contribution in [0, 0.1) is 29.1 Å². The number of hydrogen-bond donors (Lipinski definition) is 0. The van der Waals surface area contributed by atoms with E-state index in [2.05, 4.69) is 37.5 Å².